The molecule has 2 heterocycles. The molecule has 2 aromatic carbocycles. The smallest absolute Gasteiger partial charge is 0.255 e. The second-order valence-electron chi connectivity index (χ2n) is 8.71. The molecule has 0 radical (unpaired) electrons. The van der Waals surface area contributed by atoms with E-state index in [-0.39, 0.29) is 5.91 Å². The zero-order valence-corrected chi connectivity index (χ0v) is 19.6. The molecule has 0 bridgehead atoms. The first-order valence-corrected chi connectivity index (χ1v) is 11.9. The molecule has 2 saturated heterocycles. The van der Waals surface area contributed by atoms with Crippen LogP contribution in [-0.2, 0) is 6.54 Å². The first kappa shape index (κ1) is 22.4. The number of rotatable bonds is 5. The third kappa shape index (κ3) is 5.02. The first-order chi connectivity index (χ1) is 15.0. The van der Waals surface area contributed by atoms with E-state index in [0.29, 0.717) is 27.6 Å². The summed E-state index contributed by atoms with van der Waals surface area (Å²) in [6.07, 6.45) is 4.48. The molecule has 0 atom stereocenters. The molecule has 2 fully saturated rings. The Hall–Kier alpha value is -1.75. The van der Waals surface area contributed by atoms with Crippen molar-refractivity contribution in [3.05, 3.63) is 63.6 Å². The number of piperidine rings is 2. The number of amides is 1. The summed E-state index contributed by atoms with van der Waals surface area (Å²) in [6.45, 7) is 7.41. The lowest BCUT2D eigenvalue weighted by Gasteiger charge is -2.47. The van der Waals surface area contributed by atoms with Gasteiger partial charge in [0.1, 0.15) is 5.75 Å². The number of hydrogen-bond acceptors (Lipinski definition) is 3. The van der Waals surface area contributed by atoms with Gasteiger partial charge in [-0.3, -0.25) is 9.69 Å². The van der Waals surface area contributed by atoms with Crippen LogP contribution in [0.1, 0.15) is 48.5 Å². The molecule has 6 heteroatoms. The van der Waals surface area contributed by atoms with Crippen LogP contribution >= 0.6 is 23.2 Å². The van der Waals surface area contributed by atoms with Crippen LogP contribution in [0.2, 0.25) is 10.0 Å². The molecule has 2 aliphatic heterocycles. The van der Waals surface area contributed by atoms with Crippen LogP contribution in [0.15, 0.2) is 42.5 Å². The van der Waals surface area contributed by atoms with Gasteiger partial charge >= 0.3 is 0 Å². The molecule has 0 N–H and O–H groups in total. The zero-order valence-electron chi connectivity index (χ0n) is 18.1. The molecule has 1 spiro atoms. The van der Waals surface area contributed by atoms with Gasteiger partial charge in [0.15, 0.2) is 0 Å². The summed E-state index contributed by atoms with van der Waals surface area (Å²) >= 11 is 12.4. The van der Waals surface area contributed by atoms with Crippen molar-refractivity contribution in [1.82, 2.24) is 9.80 Å². The predicted molar refractivity (Wildman–Crippen MR) is 126 cm³/mol. The van der Waals surface area contributed by atoms with Crippen molar-refractivity contribution in [2.45, 2.75) is 39.2 Å². The second-order valence-corrected chi connectivity index (χ2v) is 9.50. The number of ether oxygens (including phenoxy) is 1. The monoisotopic (exact) mass is 460 g/mol. The van der Waals surface area contributed by atoms with E-state index >= 15 is 0 Å². The summed E-state index contributed by atoms with van der Waals surface area (Å²) in [5, 5.41) is 0.786. The third-order valence-corrected chi connectivity index (χ3v) is 7.70. The van der Waals surface area contributed by atoms with Gasteiger partial charge in [0, 0.05) is 25.2 Å². The standard InChI is InChI=1S/C25H30Cl2N2O2/c1-2-31-22-9-4-3-6-19(22)18-28-14-10-25(11-15-28)12-16-29(17-13-25)24(30)20-7-5-8-21(26)23(20)27/h3-9H,2,10-18H2,1H3. The first-order valence-electron chi connectivity index (χ1n) is 11.2. The van der Waals surface area contributed by atoms with Gasteiger partial charge in [-0.1, -0.05) is 47.5 Å². The van der Waals surface area contributed by atoms with Crippen molar-refractivity contribution >= 4 is 29.1 Å². The van der Waals surface area contributed by atoms with Crippen LogP contribution in [0.25, 0.3) is 0 Å². The van der Waals surface area contributed by atoms with Crippen LogP contribution in [0.5, 0.6) is 5.75 Å². The molecule has 0 aromatic heterocycles. The number of halogens is 2. The Labute approximate surface area is 195 Å². The zero-order chi connectivity index (χ0) is 21.8. The molecule has 4 nitrogen and oxygen atoms in total. The molecular weight excluding hydrogens is 431 g/mol. The molecule has 166 valence electrons. The van der Waals surface area contributed by atoms with Gasteiger partial charge in [-0.2, -0.15) is 0 Å². The SMILES string of the molecule is CCOc1ccccc1CN1CCC2(CC1)CCN(C(=O)c1cccc(Cl)c1Cl)CC2. The Morgan fingerprint density at radius 3 is 2.35 bits per heavy atom. The van der Waals surface area contributed by atoms with Crippen molar-refractivity contribution in [2.24, 2.45) is 5.41 Å². The highest BCUT2D eigenvalue weighted by Crippen LogP contribution is 2.42. The highest BCUT2D eigenvalue weighted by Gasteiger charge is 2.39. The quantitative estimate of drug-likeness (QED) is 0.555. The number of benzene rings is 2. The van der Waals surface area contributed by atoms with Gasteiger partial charge in [0.2, 0.25) is 0 Å². The molecule has 0 aliphatic carbocycles. The fourth-order valence-electron chi connectivity index (χ4n) is 4.88. The molecule has 2 aromatic rings. The summed E-state index contributed by atoms with van der Waals surface area (Å²) in [4.78, 5) is 17.4. The Bertz CT molecular complexity index is 915. The summed E-state index contributed by atoms with van der Waals surface area (Å²) in [5.41, 5.74) is 2.12. The molecule has 4 rings (SSSR count). The lowest BCUT2D eigenvalue weighted by Crippen LogP contribution is -2.48. The number of carbonyl (C=O) groups excluding carboxylic acids is 1. The highest BCUT2D eigenvalue weighted by molar-refractivity contribution is 6.43. The van der Waals surface area contributed by atoms with Crippen LogP contribution in [0.4, 0.5) is 0 Å². The van der Waals surface area contributed by atoms with Gasteiger partial charge in [0.05, 0.1) is 22.2 Å². The summed E-state index contributed by atoms with van der Waals surface area (Å²) in [6, 6.07) is 13.6. The molecule has 2 aliphatic rings. The topological polar surface area (TPSA) is 32.8 Å². The Morgan fingerprint density at radius 1 is 0.968 bits per heavy atom. The maximum absolute atomic E-state index is 12.9. The molecular formula is C25H30Cl2N2O2. The van der Waals surface area contributed by atoms with E-state index in [1.807, 2.05) is 17.9 Å². The normalized spacial score (nSPS) is 18.9. The minimum Gasteiger partial charge on any atom is -0.494 e. The lowest BCUT2D eigenvalue weighted by atomic mass is 9.71. The van der Waals surface area contributed by atoms with E-state index < -0.39 is 0 Å². The minimum absolute atomic E-state index is 0.00711. The maximum atomic E-state index is 12.9. The molecule has 1 amide bonds. The van der Waals surface area contributed by atoms with Gasteiger partial charge in [-0.25, -0.2) is 0 Å². The molecule has 31 heavy (non-hydrogen) atoms. The van der Waals surface area contributed by atoms with Crippen molar-refractivity contribution < 1.29 is 9.53 Å². The number of para-hydroxylation sites is 1. The van der Waals surface area contributed by atoms with Gasteiger partial charge in [0.25, 0.3) is 5.91 Å². The van der Waals surface area contributed by atoms with Gasteiger partial charge < -0.3 is 9.64 Å². The van der Waals surface area contributed by atoms with Crippen LogP contribution in [0.3, 0.4) is 0 Å². The Balaban J connectivity index is 1.32. The van der Waals surface area contributed by atoms with Crippen LogP contribution in [-0.4, -0.2) is 48.5 Å². The average Bonchev–Trinajstić information content (AvgIpc) is 2.79. The van der Waals surface area contributed by atoms with E-state index in [9.17, 15) is 4.79 Å². The largest absolute Gasteiger partial charge is 0.494 e. The van der Waals surface area contributed by atoms with E-state index in [1.165, 1.54) is 18.4 Å². The van der Waals surface area contributed by atoms with E-state index in [2.05, 4.69) is 23.1 Å². The van der Waals surface area contributed by atoms with Crippen molar-refractivity contribution in [3.63, 3.8) is 0 Å². The second kappa shape index (κ2) is 9.81. The number of hydrogen-bond donors (Lipinski definition) is 0. The Kier molecular flexibility index (Phi) is 7.10. The average molecular weight is 461 g/mol. The van der Waals surface area contributed by atoms with Crippen LogP contribution < -0.4 is 4.74 Å². The highest BCUT2D eigenvalue weighted by atomic mass is 35.5. The lowest BCUT2D eigenvalue weighted by molar-refractivity contribution is 0.0283. The fraction of sp³-hybridized carbons (Fsp3) is 0.480. The molecule has 0 unspecified atom stereocenters. The summed E-state index contributed by atoms with van der Waals surface area (Å²) in [5.74, 6) is 0.990. The van der Waals surface area contributed by atoms with Crippen molar-refractivity contribution in [2.75, 3.05) is 32.8 Å². The van der Waals surface area contributed by atoms with E-state index in [4.69, 9.17) is 27.9 Å². The third-order valence-electron chi connectivity index (χ3n) is 6.88. The molecule has 0 saturated carbocycles. The van der Waals surface area contributed by atoms with Gasteiger partial charge in [-0.15, -0.1) is 0 Å². The van der Waals surface area contributed by atoms with E-state index in [0.717, 1.165) is 51.3 Å². The maximum Gasteiger partial charge on any atom is 0.255 e. The van der Waals surface area contributed by atoms with Crippen molar-refractivity contribution in [3.8, 4) is 5.75 Å². The number of carbonyl (C=O) groups is 1. The number of likely N-dealkylation sites (tertiary alicyclic amines) is 2. The van der Waals surface area contributed by atoms with Crippen LogP contribution in [0, 0.1) is 5.41 Å². The minimum atomic E-state index is -0.00711. The number of nitrogens with zero attached hydrogens (tertiary/aromatic N) is 2. The van der Waals surface area contributed by atoms with Gasteiger partial charge in [-0.05, 0) is 69.3 Å². The fourth-order valence-corrected chi connectivity index (χ4v) is 5.26. The Morgan fingerprint density at radius 2 is 1.65 bits per heavy atom. The van der Waals surface area contributed by atoms with Crippen molar-refractivity contribution in [1.29, 1.82) is 0 Å². The van der Waals surface area contributed by atoms with E-state index in [1.54, 1.807) is 18.2 Å². The predicted octanol–water partition coefficient (Wildman–Crippen LogP) is 5.91. The summed E-state index contributed by atoms with van der Waals surface area (Å²) < 4.78 is 5.79. The summed E-state index contributed by atoms with van der Waals surface area (Å²) in [7, 11) is 0.